The molecule has 6 nitrogen and oxygen atoms in total. The Bertz CT molecular complexity index is 1080. The third kappa shape index (κ3) is 4.17. The molecule has 0 heterocycles. The molecular formula is C26H25NO5. The van der Waals surface area contributed by atoms with E-state index >= 15 is 0 Å². The molecule has 0 bridgehead atoms. The monoisotopic (exact) mass is 431 g/mol. The van der Waals surface area contributed by atoms with E-state index in [0.717, 1.165) is 27.8 Å². The number of hydrogen-bond acceptors (Lipinski definition) is 4. The van der Waals surface area contributed by atoms with Crippen LogP contribution >= 0.6 is 0 Å². The smallest absolute Gasteiger partial charge is 0.407 e. The molecule has 1 aliphatic rings. The van der Waals surface area contributed by atoms with E-state index in [4.69, 9.17) is 9.47 Å². The zero-order valence-electron chi connectivity index (χ0n) is 17.9. The SMILES string of the molecule is COc1ccc([C@@H](C)[C@H](NC(=O)OCC2c3ccccc3-c3ccccc32)C(=O)O)cc1. The van der Waals surface area contributed by atoms with Crippen molar-refractivity contribution in [3.8, 4) is 16.9 Å². The van der Waals surface area contributed by atoms with E-state index < -0.39 is 24.0 Å². The van der Waals surface area contributed by atoms with E-state index in [1.807, 2.05) is 36.4 Å². The molecule has 0 aromatic heterocycles. The molecule has 0 saturated heterocycles. The number of aliphatic carboxylic acids is 1. The highest BCUT2D eigenvalue weighted by Crippen LogP contribution is 2.44. The van der Waals surface area contributed by atoms with Gasteiger partial charge in [0.1, 0.15) is 18.4 Å². The number of amides is 1. The van der Waals surface area contributed by atoms with Gasteiger partial charge < -0.3 is 19.9 Å². The number of benzene rings is 3. The normalized spacial score (nSPS) is 14.1. The van der Waals surface area contributed by atoms with Crippen molar-refractivity contribution in [2.24, 2.45) is 0 Å². The molecule has 0 unspecified atom stereocenters. The summed E-state index contributed by atoms with van der Waals surface area (Å²) in [6.07, 6.45) is -0.750. The molecule has 0 radical (unpaired) electrons. The van der Waals surface area contributed by atoms with E-state index in [2.05, 4.69) is 17.4 Å². The number of hydrogen-bond donors (Lipinski definition) is 2. The first-order chi connectivity index (χ1) is 15.5. The van der Waals surface area contributed by atoms with E-state index in [-0.39, 0.29) is 12.5 Å². The summed E-state index contributed by atoms with van der Waals surface area (Å²) in [5.41, 5.74) is 5.24. The van der Waals surface area contributed by atoms with Gasteiger partial charge in [-0.25, -0.2) is 9.59 Å². The number of nitrogens with one attached hydrogen (secondary N) is 1. The fourth-order valence-corrected chi connectivity index (χ4v) is 4.27. The van der Waals surface area contributed by atoms with Crippen molar-refractivity contribution >= 4 is 12.1 Å². The van der Waals surface area contributed by atoms with E-state index in [0.29, 0.717) is 5.75 Å². The Morgan fingerprint density at radius 2 is 1.50 bits per heavy atom. The fraction of sp³-hybridized carbons (Fsp3) is 0.231. The zero-order chi connectivity index (χ0) is 22.7. The third-order valence-electron chi connectivity index (χ3n) is 6.02. The molecule has 3 aromatic carbocycles. The maximum absolute atomic E-state index is 12.6. The second-order valence-electron chi connectivity index (χ2n) is 7.85. The standard InChI is InChI=1S/C26H25NO5/c1-16(17-11-13-18(31-2)14-12-17)24(25(28)29)27-26(30)32-15-23-21-9-5-3-7-19(21)20-8-4-6-10-22(20)23/h3-14,16,23-24H,15H2,1-2H3,(H,27,30)(H,28,29)/t16-,24+/m1/s1. The third-order valence-corrected chi connectivity index (χ3v) is 6.02. The number of carboxylic acid groups (broad SMARTS) is 1. The van der Waals surface area contributed by atoms with Gasteiger partial charge in [0.15, 0.2) is 0 Å². The molecule has 0 saturated carbocycles. The first-order valence-electron chi connectivity index (χ1n) is 10.5. The molecule has 0 aliphatic heterocycles. The molecule has 0 spiro atoms. The molecule has 0 fully saturated rings. The van der Waals surface area contributed by atoms with Crippen LogP contribution in [0.25, 0.3) is 11.1 Å². The topological polar surface area (TPSA) is 84.9 Å². The summed E-state index contributed by atoms with van der Waals surface area (Å²) >= 11 is 0. The molecule has 2 atom stereocenters. The molecule has 1 aliphatic carbocycles. The van der Waals surface area contributed by atoms with Crippen LogP contribution < -0.4 is 10.1 Å². The lowest BCUT2D eigenvalue weighted by molar-refractivity contribution is -0.139. The lowest BCUT2D eigenvalue weighted by Gasteiger charge is -2.22. The van der Waals surface area contributed by atoms with Crippen molar-refractivity contribution in [3.05, 3.63) is 89.5 Å². The highest BCUT2D eigenvalue weighted by molar-refractivity contribution is 5.82. The maximum atomic E-state index is 12.6. The van der Waals surface area contributed by atoms with Crippen LogP contribution in [0.2, 0.25) is 0 Å². The first-order valence-corrected chi connectivity index (χ1v) is 10.5. The van der Waals surface area contributed by atoms with Crippen LogP contribution in [0.5, 0.6) is 5.75 Å². The maximum Gasteiger partial charge on any atom is 0.407 e. The average molecular weight is 431 g/mol. The van der Waals surface area contributed by atoms with Crippen LogP contribution in [0.1, 0.15) is 35.4 Å². The average Bonchev–Trinajstić information content (AvgIpc) is 3.14. The lowest BCUT2D eigenvalue weighted by atomic mass is 9.93. The van der Waals surface area contributed by atoms with Crippen LogP contribution in [0.4, 0.5) is 4.79 Å². The van der Waals surface area contributed by atoms with Crippen molar-refractivity contribution in [1.82, 2.24) is 5.32 Å². The van der Waals surface area contributed by atoms with E-state index in [1.165, 1.54) is 0 Å². The minimum atomic E-state index is -1.13. The second-order valence-corrected chi connectivity index (χ2v) is 7.85. The molecule has 1 amide bonds. The van der Waals surface area contributed by atoms with Crippen LogP contribution in [0, 0.1) is 0 Å². The minimum Gasteiger partial charge on any atom is -0.497 e. The summed E-state index contributed by atoms with van der Waals surface area (Å²) in [6, 6.07) is 22.1. The lowest BCUT2D eigenvalue weighted by Crippen LogP contribution is -2.44. The van der Waals surface area contributed by atoms with Crippen molar-refractivity contribution in [3.63, 3.8) is 0 Å². The van der Waals surface area contributed by atoms with Gasteiger partial charge in [-0.15, -0.1) is 0 Å². The molecular weight excluding hydrogens is 406 g/mol. The Kier molecular flexibility index (Phi) is 6.12. The Labute approximate surface area is 186 Å². The fourth-order valence-electron chi connectivity index (χ4n) is 4.27. The zero-order valence-corrected chi connectivity index (χ0v) is 17.9. The van der Waals surface area contributed by atoms with Gasteiger partial charge in [-0.05, 0) is 39.9 Å². The molecule has 4 rings (SSSR count). The van der Waals surface area contributed by atoms with Crippen LogP contribution in [-0.2, 0) is 9.53 Å². The van der Waals surface area contributed by atoms with Gasteiger partial charge >= 0.3 is 12.1 Å². The van der Waals surface area contributed by atoms with Gasteiger partial charge in [0.25, 0.3) is 0 Å². The van der Waals surface area contributed by atoms with Gasteiger partial charge in [0.05, 0.1) is 7.11 Å². The summed E-state index contributed by atoms with van der Waals surface area (Å²) in [5.74, 6) is -0.992. The molecule has 6 heteroatoms. The van der Waals surface area contributed by atoms with Crippen LogP contribution in [0.3, 0.4) is 0 Å². The Balaban J connectivity index is 1.45. The Hall–Kier alpha value is -3.80. The Morgan fingerprint density at radius 3 is 2.03 bits per heavy atom. The number of fused-ring (bicyclic) bond motifs is 3. The summed E-state index contributed by atoms with van der Waals surface area (Å²) in [6.45, 7) is 1.88. The molecule has 3 aromatic rings. The van der Waals surface area contributed by atoms with Gasteiger partial charge in [0, 0.05) is 11.8 Å². The van der Waals surface area contributed by atoms with Crippen molar-refractivity contribution < 1.29 is 24.2 Å². The number of alkyl carbamates (subject to hydrolysis) is 1. The van der Waals surface area contributed by atoms with Gasteiger partial charge in [-0.2, -0.15) is 0 Å². The quantitative estimate of drug-likeness (QED) is 0.562. The van der Waals surface area contributed by atoms with Gasteiger partial charge in [0.2, 0.25) is 0 Å². The Morgan fingerprint density at radius 1 is 0.938 bits per heavy atom. The van der Waals surface area contributed by atoms with Gasteiger partial charge in [-0.3, -0.25) is 0 Å². The first kappa shape index (κ1) is 21.4. The molecule has 164 valence electrons. The minimum absolute atomic E-state index is 0.0876. The van der Waals surface area contributed by atoms with Crippen LogP contribution in [-0.4, -0.2) is 36.9 Å². The molecule has 2 N–H and O–H groups in total. The predicted molar refractivity (Wildman–Crippen MR) is 121 cm³/mol. The summed E-state index contributed by atoms with van der Waals surface area (Å²) in [4.78, 5) is 24.4. The number of carbonyl (C=O) groups excluding carboxylic acids is 1. The largest absolute Gasteiger partial charge is 0.497 e. The molecule has 32 heavy (non-hydrogen) atoms. The van der Waals surface area contributed by atoms with Gasteiger partial charge in [-0.1, -0.05) is 67.6 Å². The summed E-state index contributed by atoms with van der Waals surface area (Å²) in [7, 11) is 1.57. The number of methoxy groups -OCH3 is 1. The van der Waals surface area contributed by atoms with Crippen LogP contribution in [0.15, 0.2) is 72.8 Å². The number of carboxylic acids is 1. The predicted octanol–water partition coefficient (Wildman–Crippen LogP) is 4.79. The number of carbonyl (C=O) groups is 2. The van der Waals surface area contributed by atoms with E-state index in [1.54, 1.807) is 38.3 Å². The summed E-state index contributed by atoms with van der Waals surface area (Å²) in [5, 5.41) is 12.2. The number of ether oxygens (including phenoxy) is 2. The second kappa shape index (κ2) is 9.14. The van der Waals surface area contributed by atoms with E-state index in [9.17, 15) is 14.7 Å². The van der Waals surface area contributed by atoms with Crippen molar-refractivity contribution in [2.75, 3.05) is 13.7 Å². The number of rotatable bonds is 7. The highest BCUT2D eigenvalue weighted by Gasteiger charge is 2.31. The summed E-state index contributed by atoms with van der Waals surface area (Å²) < 4.78 is 10.7. The highest BCUT2D eigenvalue weighted by atomic mass is 16.5. The van der Waals surface area contributed by atoms with Crippen molar-refractivity contribution in [1.29, 1.82) is 0 Å². The van der Waals surface area contributed by atoms with Crippen molar-refractivity contribution in [2.45, 2.75) is 24.8 Å².